The molecule has 0 fully saturated rings. The van der Waals surface area contributed by atoms with Crippen LogP contribution in [-0.2, 0) is 17.1 Å². The van der Waals surface area contributed by atoms with Gasteiger partial charge in [0.2, 0.25) is 6.29 Å². The van der Waals surface area contributed by atoms with Crippen LogP contribution in [0, 0.1) is 0 Å². The molecule has 23 heavy (non-hydrogen) atoms. The Balaban J connectivity index is 2.19. The van der Waals surface area contributed by atoms with Crippen LogP contribution < -0.4 is 0 Å². The van der Waals surface area contributed by atoms with Crippen LogP contribution >= 0.6 is 15.9 Å². The second-order valence-electron chi connectivity index (χ2n) is 5.46. The zero-order valence-electron chi connectivity index (χ0n) is 12.6. The fourth-order valence-electron chi connectivity index (χ4n) is 2.94. The summed E-state index contributed by atoms with van der Waals surface area (Å²) in [5, 5.41) is 14.3. The molecule has 124 valence electrons. The van der Waals surface area contributed by atoms with E-state index in [0.717, 1.165) is 4.47 Å². The van der Waals surface area contributed by atoms with Crippen LogP contribution in [0.15, 0.2) is 28.7 Å². The lowest BCUT2D eigenvalue weighted by atomic mass is 9.91. The molecule has 7 heteroatoms. The van der Waals surface area contributed by atoms with Crippen LogP contribution in [0.4, 0.5) is 8.78 Å². The molecular formula is C16H17BrF2N2O2. The summed E-state index contributed by atoms with van der Waals surface area (Å²) in [6.45, 7) is 1.91. The van der Waals surface area contributed by atoms with Crippen LogP contribution in [-0.4, -0.2) is 21.5 Å². The van der Waals surface area contributed by atoms with E-state index in [1.165, 1.54) is 4.68 Å². The zero-order valence-corrected chi connectivity index (χ0v) is 14.2. The van der Waals surface area contributed by atoms with Crippen LogP contribution in [0.2, 0.25) is 0 Å². The summed E-state index contributed by atoms with van der Waals surface area (Å²) in [5.41, 5.74) is 0.826. The van der Waals surface area contributed by atoms with Gasteiger partial charge in [0.25, 0.3) is 5.92 Å². The van der Waals surface area contributed by atoms with Gasteiger partial charge in [-0.2, -0.15) is 5.10 Å². The average molecular weight is 387 g/mol. The first kappa shape index (κ1) is 16.5. The Bertz CT molecular complexity index is 718. The highest BCUT2D eigenvalue weighted by molar-refractivity contribution is 9.10. The number of aliphatic hydroxyl groups excluding tert-OH is 1. The van der Waals surface area contributed by atoms with Gasteiger partial charge >= 0.3 is 0 Å². The number of hydrogen-bond donors (Lipinski definition) is 1. The molecule has 3 rings (SSSR count). The third-order valence-electron chi connectivity index (χ3n) is 3.89. The number of halogens is 3. The molecule has 0 saturated carbocycles. The minimum absolute atomic E-state index is 0.0912. The van der Waals surface area contributed by atoms with E-state index in [1.807, 2.05) is 12.1 Å². The largest absolute Gasteiger partial charge is 0.363 e. The topological polar surface area (TPSA) is 47.3 Å². The molecule has 0 amide bonds. The third kappa shape index (κ3) is 3.05. The summed E-state index contributed by atoms with van der Waals surface area (Å²) in [4.78, 5) is 0. The molecule has 1 heterocycles. The van der Waals surface area contributed by atoms with Crippen molar-refractivity contribution >= 4 is 15.9 Å². The fourth-order valence-corrected chi connectivity index (χ4v) is 3.32. The zero-order chi connectivity index (χ0) is 16.6. The molecule has 2 aromatic rings. The first-order chi connectivity index (χ1) is 10.9. The summed E-state index contributed by atoms with van der Waals surface area (Å²) in [5.74, 6) is -3.01. The molecule has 1 aliphatic carbocycles. The summed E-state index contributed by atoms with van der Waals surface area (Å²) in [7, 11) is 0. The van der Waals surface area contributed by atoms with Crippen LogP contribution in [0.5, 0.6) is 0 Å². The molecule has 1 aliphatic rings. The molecule has 0 radical (unpaired) electrons. The van der Waals surface area contributed by atoms with Crippen molar-refractivity contribution in [1.82, 2.24) is 9.78 Å². The second-order valence-corrected chi connectivity index (χ2v) is 6.38. The molecule has 0 aliphatic heterocycles. The Kier molecular flexibility index (Phi) is 4.53. The number of aromatic nitrogens is 2. The van der Waals surface area contributed by atoms with E-state index in [9.17, 15) is 13.9 Å². The van der Waals surface area contributed by atoms with Gasteiger partial charge in [0.05, 0.1) is 16.9 Å². The number of fused-ring (bicyclic) bond motifs is 1. The monoisotopic (exact) mass is 386 g/mol. The normalized spacial score (nSPS) is 17.8. The van der Waals surface area contributed by atoms with Crippen LogP contribution in [0.25, 0.3) is 5.69 Å². The van der Waals surface area contributed by atoms with Gasteiger partial charge in [-0.1, -0.05) is 22.0 Å². The maximum atomic E-state index is 14.4. The number of nitrogens with zero attached hydrogens (tertiary/aromatic N) is 2. The van der Waals surface area contributed by atoms with Gasteiger partial charge in [0, 0.05) is 17.5 Å². The van der Waals surface area contributed by atoms with Gasteiger partial charge in [-0.15, -0.1) is 0 Å². The van der Waals surface area contributed by atoms with E-state index in [4.69, 9.17) is 4.74 Å². The van der Waals surface area contributed by atoms with Crippen molar-refractivity contribution in [2.45, 2.75) is 38.4 Å². The molecule has 0 saturated heterocycles. The van der Waals surface area contributed by atoms with E-state index in [-0.39, 0.29) is 24.3 Å². The Morgan fingerprint density at radius 3 is 2.96 bits per heavy atom. The Morgan fingerprint density at radius 2 is 2.26 bits per heavy atom. The Labute approximate surface area is 141 Å². The highest BCUT2D eigenvalue weighted by atomic mass is 79.9. The standard InChI is InChI=1S/C16H17BrF2N2O2/c1-2-23-15(22)14-13-12(7-4-8-16(13,18)19)21(20-14)11-6-3-5-10(17)9-11/h3,5-6,9,15,22H,2,4,7-8H2,1H3. The molecule has 1 atom stereocenters. The minimum Gasteiger partial charge on any atom is -0.363 e. The predicted octanol–water partition coefficient (Wildman–Crippen LogP) is 4.09. The van der Waals surface area contributed by atoms with E-state index >= 15 is 0 Å². The van der Waals surface area contributed by atoms with E-state index < -0.39 is 12.2 Å². The van der Waals surface area contributed by atoms with Crippen molar-refractivity contribution in [1.29, 1.82) is 0 Å². The summed E-state index contributed by atoms with van der Waals surface area (Å²) < 4.78 is 36.3. The lowest BCUT2D eigenvalue weighted by Gasteiger charge is -2.24. The predicted molar refractivity (Wildman–Crippen MR) is 84.7 cm³/mol. The van der Waals surface area contributed by atoms with E-state index in [1.54, 1.807) is 19.1 Å². The van der Waals surface area contributed by atoms with Gasteiger partial charge in [0.15, 0.2) is 0 Å². The van der Waals surface area contributed by atoms with E-state index in [0.29, 0.717) is 24.2 Å². The number of alkyl halides is 2. The Hall–Kier alpha value is -1.31. The Morgan fingerprint density at radius 1 is 1.48 bits per heavy atom. The molecule has 0 spiro atoms. The van der Waals surface area contributed by atoms with Crippen LogP contribution in [0.1, 0.15) is 43.0 Å². The smallest absolute Gasteiger partial charge is 0.277 e. The lowest BCUT2D eigenvalue weighted by molar-refractivity contribution is -0.106. The summed E-state index contributed by atoms with van der Waals surface area (Å²) in [6, 6.07) is 7.26. The van der Waals surface area contributed by atoms with Crippen molar-refractivity contribution in [2.24, 2.45) is 0 Å². The maximum Gasteiger partial charge on any atom is 0.277 e. The number of rotatable bonds is 4. The van der Waals surface area contributed by atoms with Gasteiger partial charge in [0.1, 0.15) is 5.69 Å². The second kappa shape index (κ2) is 6.30. The molecular weight excluding hydrogens is 370 g/mol. The highest BCUT2D eigenvalue weighted by Crippen LogP contribution is 2.44. The number of hydrogen-bond acceptors (Lipinski definition) is 3. The average Bonchev–Trinajstić information content (AvgIpc) is 2.88. The number of benzene rings is 1. The first-order valence-corrected chi connectivity index (χ1v) is 8.29. The van der Waals surface area contributed by atoms with E-state index in [2.05, 4.69) is 21.0 Å². The van der Waals surface area contributed by atoms with Crippen molar-refractivity contribution in [3.8, 4) is 5.69 Å². The van der Waals surface area contributed by atoms with Crippen molar-refractivity contribution in [3.63, 3.8) is 0 Å². The maximum absolute atomic E-state index is 14.4. The fraction of sp³-hybridized carbons (Fsp3) is 0.438. The molecule has 1 N–H and O–H groups in total. The molecule has 0 bridgehead atoms. The van der Waals surface area contributed by atoms with Crippen molar-refractivity contribution < 1.29 is 18.6 Å². The summed E-state index contributed by atoms with van der Waals surface area (Å²) >= 11 is 3.38. The first-order valence-electron chi connectivity index (χ1n) is 7.49. The van der Waals surface area contributed by atoms with Crippen molar-refractivity contribution in [2.75, 3.05) is 6.61 Å². The van der Waals surface area contributed by atoms with Gasteiger partial charge < -0.3 is 9.84 Å². The van der Waals surface area contributed by atoms with Gasteiger partial charge in [-0.25, -0.2) is 13.5 Å². The highest BCUT2D eigenvalue weighted by Gasteiger charge is 2.44. The van der Waals surface area contributed by atoms with Crippen LogP contribution in [0.3, 0.4) is 0 Å². The summed E-state index contributed by atoms with van der Waals surface area (Å²) in [6.07, 6.45) is -0.825. The molecule has 1 unspecified atom stereocenters. The molecule has 4 nitrogen and oxygen atoms in total. The SMILES string of the molecule is CCOC(O)c1nn(-c2cccc(Br)c2)c2c1C(F)(F)CCC2. The van der Waals surface area contributed by atoms with Gasteiger partial charge in [-0.3, -0.25) is 0 Å². The lowest BCUT2D eigenvalue weighted by Crippen LogP contribution is -2.23. The number of ether oxygens (including phenoxy) is 1. The quantitative estimate of drug-likeness (QED) is 0.804. The molecule has 1 aromatic carbocycles. The third-order valence-corrected chi connectivity index (χ3v) is 4.38. The number of aliphatic hydroxyl groups is 1. The molecule has 1 aromatic heterocycles. The minimum atomic E-state index is -3.01. The van der Waals surface area contributed by atoms with Gasteiger partial charge in [-0.05, 0) is 38.0 Å². The van der Waals surface area contributed by atoms with Crippen molar-refractivity contribution in [3.05, 3.63) is 45.7 Å².